The summed E-state index contributed by atoms with van der Waals surface area (Å²) in [5.41, 5.74) is -0.815. The van der Waals surface area contributed by atoms with Crippen molar-refractivity contribution >= 4 is 23.5 Å². The van der Waals surface area contributed by atoms with Gasteiger partial charge in [-0.15, -0.1) is 0 Å². The number of nitrogens with one attached hydrogen (secondary N) is 1. The maximum atomic E-state index is 12.4. The Bertz CT molecular complexity index is 713. The molecule has 0 aromatic heterocycles. The first-order valence-electron chi connectivity index (χ1n) is 8.18. The van der Waals surface area contributed by atoms with Gasteiger partial charge in [0.15, 0.2) is 11.5 Å². The quantitative estimate of drug-likeness (QED) is 0.746. The van der Waals surface area contributed by atoms with E-state index in [0.29, 0.717) is 43.2 Å². The van der Waals surface area contributed by atoms with Gasteiger partial charge in [-0.1, -0.05) is 0 Å². The maximum Gasteiger partial charge on any atom is 0.319 e. The van der Waals surface area contributed by atoms with Crippen molar-refractivity contribution in [1.82, 2.24) is 4.90 Å². The minimum Gasteiger partial charge on any atom is -0.486 e. The molecule has 0 atom stereocenters. The number of carbonyl (C=O) groups excluding carboxylic acids is 2. The number of benzene rings is 1. The second-order valence-corrected chi connectivity index (χ2v) is 6.11. The first-order valence-corrected chi connectivity index (χ1v) is 8.18. The fourth-order valence-corrected chi connectivity index (χ4v) is 2.77. The number of rotatable bonds is 6. The zero-order chi connectivity index (χ0) is 18.0. The zero-order valence-electron chi connectivity index (χ0n) is 13.9. The Morgan fingerprint density at radius 3 is 2.48 bits per heavy atom. The summed E-state index contributed by atoms with van der Waals surface area (Å²) in [6, 6.07) is 5.05. The molecule has 8 heteroatoms. The van der Waals surface area contributed by atoms with Crippen LogP contribution >= 0.6 is 0 Å². The van der Waals surface area contributed by atoms with Crippen LogP contribution < -0.4 is 14.8 Å². The van der Waals surface area contributed by atoms with Gasteiger partial charge in [0.1, 0.15) is 18.6 Å². The predicted octanol–water partition coefficient (Wildman–Crippen LogP) is 1.11. The molecule has 25 heavy (non-hydrogen) atoms. The van der Waals surface area contributed by atoms with E-state index in [-0.39, 0.29) is 13.1 Å². The van der Waals surface area contributed by atoms with Gasteiger partial charge in [-0.3, -0.25) is 14.4 Å². The van der Waals surface area contributed by atoms with Crippen molar-refractivity contribution in [3.05, 3.63) is 18.2 Å². The highest BCUT2D eigenvalue weighted by atomic mass is 16.6. The van der Waals surface area contributed by atoms with E-state index in [4.69, 9.17) is 9.47 Å². The van der Waals surface area contributed by atoms with Crippen molar-refractivity contribution in [3.8, 4) is 11.5 Å². The molecule has 1 aliphatic carbocycles. The molecular formula is C17H20N2O6. The molecule has 3 rings (SSSR count). The normalized spacial score (nSPS) is 16.7. The van der Waals surface area contributed by atoms with Crippen LogP contribution in [0.1, 0.15) is 19.8 Å². The summed E-state index contributed by atoms with van der Waals surface area (Å²) >= 11 is 0. The number of likely N-dealkylation sites (N-methyl/N-ethyl adjacent to an activating group) is 1. The van der Waals surface area contributed by atoms with Crippen molar-refractivity contribution in [3.63, 3.8) is 0 Å². The molecular weight excluding hydrogens is 328 g/mol. The van der Waals surface area contributed by atoms with Crippen LogP contribution in [0.3, 0.4) is 0 Å². The van der Waals surface area contributed by atoms with Gasteiger partial charge in [0, 0.05) is 18.3 Å². The first-order chi connectivity index (χ1) is 12.0. The molecule has 0 spiro atoms. The Balaban J connectivity index is 1.63. The summed E-state index contributed by atoms with van der Waals surface area (Å²) in [5, 5.41) is 11.9. The van der Waals surface area contributed by atoms with E-state index < -0.39 is 23.2 Å². The number of hydrogen-bond acceptors (Lipinski definition) is 5. The molecule has 134 valence electrons. The van der Waals surface area contributed by atoms with Crippen LogP contribution in [-0.4, -0.2) is 54.1 Å². The highest BCUT2D eigenvalue weighted by molar-refractivity contribution is 6.06. The molecule has 2 aliphatic rings. The van der Waals surface area contributed by atoms with Gasteiger partial charge in [-0.05, 0) is 31.9 Å². The molecule has 0 saturated heterocycles. The van der Waals surface area contributed by atoms with Crippen LogP contribution in [0.25, 0.3) is 0 Å². The Morgan fingerprint density at radius 1 is 1.20 bits per heavy atom. The minimum absolute atomic E-state index is 0.196. The number of aliphatic carboxylic acids is 1. The van der Waals surface area contributed by atoms with Gasteiger partial charge in [0.25, 0.3) is 0 Å². The van der Waals surface area contributed by atoms with Gasteiger partial charge >= 0.3 is 5.97 Å². The molecule has 2 N–H and O–H groups in total. The lowest BCUT2D eigenvalue weighted by atomic mass is 10.1. The third-order valence-corrected chi connectivity index (χ3v) is 4.40. The van der Waals surface area contributed by atoms with Crippen LogP contribution in [0.5, 0.6) is 11.5 Å². The molecule has 1 aromatic rings. The van der Waals surface area contributed by atoms with Gasteiger partial charge in [0.05, 0.1) is 6.54 Å². The van der Waals surface area contributed by atoms with Crippen LogP contribution in [0.15, 0.2) is 18.2 Å². The third-order valence-electron chi connectivity index (χ3n) is 4.40. The second-order valence-electron chi connectivity index (χ2n) is 6.11. The molecule has 0 bridgehead atoms. The Labute approximate surface area is 144 Å². The summed E-state index contributed by atoms with van der Waals surface area (Å²) in [6.07, 6.45) is 0.642. The molecule has 1 heterocycles. The Hall–Kier alpha value is -2.77. The van der Waals surface area contributed by atoms with Gasteiger partial charge in [-0.2, -0.15) is 0 Å². The lowest BCUT2D eigenvalue weighted by molar-refractivity contribution is -0.154. The van der Waals surface area contributed by atoms with Crippen LogP contribution in [0, 0.1) is 5.41 Å². The number of amides is 2. The van der Waals surface area contributed by atoms with E-state index in [1.54, 1.807) is 25.1 Å². The molecule has 0 radical (unpaired) electrons. The lowest BCUT2D eigenvalue weighted by Gasteiger charge is -2.24. The smallest absolute Gasteiger partial charge is 0.319 e. The summed E-state index contributed by atoms with van der Waals surface area (Å²) in [4.78, 5) is 37.2. The number of hydrogen-bond donors (Lipinski definition) is 2. The fraction of sp³-hybridized carbons (Fsp3) is 0.471. The molecule has 1 saturated carbocycles. The number of carbonyl (C=O) groups is 3. The van der Waals surface area contributed by atoms with Gasteiger partial charge < -0.3 is 24.8 Å². The second kappa shape index (κ2) is 6.62. The first kappa shape index (κ1) is 17.1. The number of anilines is 1. The monoisotopic (exact) mass is 348 g/mol. The van der Waals surface area contributed by atoms with E-state index in [0.717, 1.165) is 0 Å². The van der Waals surface area contributed by atoms with E-state index in [9.17, 15) is 19.5 Å². The highest BCUT2D eigenvalue weighted by Gasteiger charge is 2.58. The van der Waals surface area contributed by atoms with E-state index in [1.807, 2.05) is 0 Å². The summed E-state index contributed by atoms with van der Waals surface area (Å²) in [7, 11) is 0. The Kier molecular flexibility index (Phi) is 4.52. The molecule has 2 amide bonds. The number of nitrogens with zero attached hydrogens (tertiary/aromatic N) is 1. The fourth-order valence-electron chi connectivity index (χ4n) is 2.77. The standard InChI is InChI=1S/C17H20N2O6/c1-2-19(15(21)17(5-6-17)16(22)23)10-14(20)18-11-3-4-12-13(9-11)25-8-7-24-12/h3-4,9H,2,5-8,10H2,1H3,(H,18,20)(H,22,23). The average Bonchev–Trinajstić information content (AvgIpc) is 3.41. The average molecular weight is 348 g/mol. The van der Waals surface area contributed by atoms with E-state index >= 15 is 0 Å². The largest absolute Gasteiger partial charge is 0.486 e. The molecule has 1 aliphatic heterocycles. The summed E-state index contributed by atoms with van der Waals surface area (Å²) in [6.45, 7) is 2.71. The van der Waals surface area contributed by atoms with Crippen molar-refractivity contribution in [2.75, 3.05) is 31.6 Å². The lowest BCUT2D eigenvalue weighted by Crippen LogP contribution is -2.44. The number of fused-ring (bicyclic) bond motifs is 1. The Morgan fingerprint density at radius 2 is 1.88 bits per heavy atom. The van der Waals surface area contributed by atoms with E-state index in [2.05, 4.69) is 5.32 Å². The van der Waals surface area contributed by atoms with Crippen LogP contribution in [0.4, 0.5) is 5.69 Å². The summed E-state index contributed by atoms with van der Waals surface area (Å²) in [5.74, 6) is -0.849. The van der Waals surface area contributed by atoms with Crippen LogP contribution in [-0.2, 0) is 14.4 Å². The third kappa shape index (κ3) is 3.38. The summed E-state index contributed by atoms with van der Waals surface area (Å²) < 4.78 is 10.9. The van der Waals surface area contributed by atoms with Crippen molar-refractivity contribution in [2.45, 2.75) is 19.8 Å². The van der Waals surface area contributed by atoms with Gasteiger partial charge in [0.2, 0.25) is 11.8 Å². The molecule has 1 aromatic carbocycles. The minimum atomic E-state index is -1.34. The molecule has 0 unspecified atom stereocenters. The number of ether oxygens (including phenoxy) is 2. The van der Waals surface area contributed by atoms with Crippen molar-refractivity contribution < 1.29 is 29.0 Å². The molecule has 1 fully saturated rings. The topological polar surface area (TPSA) is 105 Å². The SMILES string of the molecule is CCN(CC(=O)Nc1ccc2c(c1)OCCO2)C(=O)C1(C(=O)O)CC1. The predicted molar refractivity (Wildman–Crippen MR) is 87.6 cm³/mol. The zero-order valence-corrected chi connectivity index (χ0v) is 13.9. The molecule has 8 nitrogen and oxygen atoms in total. The number of carboxylic acid groups (broad SMARTS) is 1. The highest BCUT2D eigenvalue weighted by Crippen LogP contribution is 2.47. The maximum absolute atomic E-state index is 12.4. The van der Waals surface area contributed by atoms with Crippen molar-refractivity contribution in [2.24, 2.45) is 5.41 Å². The van der Waals surface area contributed by atoms with Gasteiger partial charge in [-0.25, -0.2) is 0 Å². The number of carboxylic acids is 1. The van der Waals surface area contributed by atoms with Crippen LogP contribution in [0.2, 0.25) is 0 Å². The van der Waals surface area contributed by atoms with Crippen molar-refractivity contribution in [1.29, 1.82) is 0 Å². The van der Waals surface area contributed by atoms with E-state index in [1.165, 1.54) is 4.90 Å².